The van der Waals surface area contributed by atoms with Gasteiger partial charge in [-0.05, 0) is 54.1 Å². The van der Waals surface area contributed by atoms with Crippen LogP contribution in [-0.4, -0.2) is 38.5 Å². The fourth-order valence-corrected chi connectivity index (χ4v) is 4.58. The summed E-state index contributed by atoms with van der Waals surface area (Å²) < 4.78 is 47.4. The Morgan fingerprint density at radius 3 is 2.44 bits per heavy atom. The second-order valence-electron chi connectivity index (χ2n) is 9.19. The molecule has 0 saturated heterocycles. The van der Waals surface area contributed by atoms with Crippen molar-refractivity contribution in [1.29, 1.82) is 0 Å². The van der Waals surface area contributed by atoms with Crippen LogP contribution in [0.4, 0.5) is 19.0 Å². The van der Waals surface area contributed by atoms with Gasteiger partial charge in [-0.25, -0.2) is 4.98 Å². The second kappa shape index (κ2) is 11.1. The quantitative estimate of drug-likeness (QED) is 0.182. The molecule has 0 bridgehead atoms. The van der Waals surface area contributed by atoms with Crippen LogP contribution in [0, 0.1) is 0 Å². The predicted octanol–water partition coefficient (Wildman–Crippen LogP) is 6.91. The Hall–Kier alpha value is -4.64. The number of carbonyl (C=O) groups is 2. The van der Waals surface area contributed by atoms with Crippen LogP contribution in [0.1, 0.15) is 34.3 Å². The molecule has 5 rings (SSSR count). The maximum Gasteiger partial charge on any atom is 0.416 e. The van der Waals surface area contributed by atoms with Crippen LogP contribution in [0.25, 0.3) is 27.8 Å². The average Bonchev–Trinajstić information content (AvgIpc) is 3.32. The Morgan fingerprint density at radius 1 is 1.00 bits per heavy atom. The normalized spacial score (nSPS) is 11.6. The molecule has 12 heteroatoms. The molecule has 0 spiro atoms. The third kappa shape index (κ3) is 5.94. The Bertz CT molecular complexity index is 1790. The number of anilines is 1. The highest BCUT2D eigenvalue weighted by molar-refractivity contribution is 6.31. The molecule has 0 unspecified atom stereocenters. The van der Waals surface area contributed by atoms with Gasteiger partial charge in [0.05, 0.1) is 30.1 Å². The average molecular weight is 583 g/mol. The van der Waals surface area contributed by atoms with Gasteiger partial charge in [0, 0.05) is 40.5 Å². The number of alkyl halides is 3. The predicted molar refractivity (Wildman–Crippen MR) is 148 cm³/mol. The number of aromatic nitrogens is 3. The van der Waals surface area contributed by atoms with E-state index in [0.29, 0.717) is 21.7 Å². The van der Waals surface area contributed by atoms with Crippen molar-refractivity contribution in [3.8, 4) is 11.7 Å². The van der Waals surface area contributed by atoms with Gasteiger partial charge in [0.1, 0.15) is 11.6 Å². The van der Waals surface area contributed by atoms with Gasteiger partial charge >= 0.3 is 12.1 Å². The first-order chi connectivity index (χ1) is 19.5. The maximum absolute atomic E-state index is 13.6. The summed E-state index contributed by atoms with van der Waals surface area (Å²) in [5, 5.41) is 13.1. The topological polar surface area (TPSA) is 106 Å². The molecule has 2 aromatic heterocycles. The van der Waals surface area contributed by atoms with E-state index in [-0.39, 0.29) is 47.6 Å². The standard InChI is InChI=1S/C29H22ClF3N4O4/c1-41-19-6-2-16(3-7-19)14-34-27-21-12-17(29(31,32)33)4-8-23(21)35-28(36-27)37-15-22(25(38)10-11-26(39)40)20-13-18(30)5-9-24(20)37/h2-9,12-13,15H,10-11,14H2,1H3,(H,39,40)(H,34,35,36). The van der Waals surface area contributed by atoms with E-state index in [1.54, 1.807) is 37.4 Å². The molecule has 0 aliphatic heterocycles. The van der Waals surface area contributed by atoms with Crippen molar-refractivity contribution < 1.29 is 32.6 Å². The molecule has 8 nitrogen and oxygen atoms in total. The Morgan fingerprint density at radius 2 is 1.76 bits per heavy atom. The van der Waals surface area contributed by atoms with Gasteiger partial charge in [-0.2, -0.15) is 18.2 Å². The van der Waals surface area contributed by atoms with Gasteiger partial charge in [-0.15, -0.1) is 0 Å². The molecule has 3 aromatic carbocycles. The number of carboxylic acids is 1. The van der Waals surface area contributed by atoms with Crippen LogP contribution in [0.2, 0.25) is 5.02 Å². The summed E-state index contributed by atoms with van der Waals surface area (Å²) in [5.74, 6) is -0.608. The minimum Gasteiger partial charge on any atom is -0.497 e. The molecule has 0 radical (unpaired) electrons. The number of methoxy groups -OCH3 is 1. The van der Waals surface area contributed by atoms with Crippen LogP contribution < -0.4 is 10.1 Å². The highest BCUT2D eigenvalue weighted by Crippen LogP contribution is 2.34. The van der Waals surface area contributed by atoms with Crippen molar-refractivity contribution in [3.63, 3.8) is 0 Å². The van der Waals surface area contributed by atoms with Crippen LogP contribution >= 0.6 is 11.6 Å². The van der Waals surface area contributed by atoms with Gasteiger partial charge in [0.25, 0.3) is 0 Å². The van der Waals surface area contributed by atoms with Crippen LogP contribution in [0.3, 0.4) is 0 Å². The highest BCUT2D eigenvalue weighted by atomic mass is 35.5. The van der Waals surface area contributed by atoms with Crippen LogP contribution in [0.5, 0.6) is 5.75 Å². The van der Waals surface area contributed by atoms with Crippen molar-refractivity contribution in [1.82, 2.24) is 14.5 Å². The summed E-state index contributed by atoms with van der Waals surface area (Å²) in [5.41, 5.74) is 0.975. The summed E-state index contributed by atoms with van der Waals surface area (Å²) >= 11 is 6.20. The molecule has 2 N–H and O–H groups in total. The number of hydrogen-bond donors (Lipinski definition) is 2. The number of hydrogen-bond acceptors (Lipinski definition) is 6. The fourth-order valence-electron chi connectivity index (χ4n) is 4.41. The van der Waals surface area contributed by atoms with E-state index in [9.17, 15) is 22.8 Å². The number of nitrogens with zero attached hydrogens (tertiary/aromatic N) is 3. The molecule has 0 fully saturated rings. The number of ketones is 1. The number of ether oxygens (including phenoxy) is 1. The molecule has 210 valence electrons. The van der Waals surface area contributed by atoms with Crippen LogP contribution in [0.15, 0.2) is 66.9 Å². The van der Waals surface area contributed by atoms with Crippen molar-refractivity contribution in [2.45, 2.75) is 25.6 Å². The summed E-state index contributed by atoms with van der Waals surface area (Å²) in [6, 6.07) is 15.2. The number of Topliss-reactive ketones (excluding diaryl/α,β-unsaturated/α-hetero) is 1. The van der Waals surface area contributed by atoms with E-state index in [1.165, 1.54) is 16.8 Å². The van der Waals surface area contributed by atoms with E-state index in [4.69, 9.17) is 21.4 Å². The zero-order chi connectivity index (χ0) is 29.3. The Balaban J connectivity index is 1.63. The number of aliphatic carboxylic acids is 1. The summed E-state index contributed by atoms with van der Waals surface area (Å²) in [6.45, 7) is 0.243. The molecule has 0 amide bonds. The van der Waals surface area contributed by atoms with Crippen molar-refractivity contribution in [2.24, 2.45) is 0 Å². The molecular formula is C29H22ClF3N4O4. The first-order valence-electron chi connectivity index (χ1n) is 12.4. The van der Waals surface area contributed by atoms with E-state index in [1.807, 2.05) is 12.1 Å². The third-order valence-electron chi connectivity index (χ3n) is 6.48. The lowest BCUT2D eigenvalue weighted by atomic mass is 10.1. The fraction of sp³-hybridized carbons (Fsp3) is 0.172. The number of benzene rings is 3. The Kier molecular flexibility index (Phi) is 7.55. The molecule has 0 aliphatic carbocycles. The van der Waals surface area contributed by atoms with Crippen molar-refractivity contribution in [3.05, 3.63) is 88.6 Å². The van der Waals surface area contributed by atoms with Crippen molar-refractivity contribution >= 4 is 51.0 Å². The number of carboxylic acid groups (broad SMARTS) is 1. The lowest BCUT2D eigenvalue weighted by Crippen LogP contribution is -2.09. The number of nitrogens with one attached hydrogen (secondary N) is 1. The van der Waals surface area contributed by atoms with Gasteiger partial charge in [-0.1, -0.05) is 23.7 Å². The van der Waals surface area contributed by atoms with Gasteiger partial charge in [0.2, 0.25) is 5.95 Å². The zero-order valence-electron chi connectivity index (χ0n) is 21.5. The molecule has 41 heavy (non-hydrogen) atoms. The smallest absolute Gasteiger partial charge is 0.416 e. The van der Waals surface area contributed by atoms with E-state index in [0.717, 1.165) is 17.7 Å². The molecule has 0 atom stereocenters. The lowest BCUT2D eigenvalue weighted by Gasteiger charge is -2.14. The van der Waals surface area contributed by atoms with Gasteiger partial charge in [0.15, 0.2) is 5.78 Å². The second-order valence-corrected chi connectivity index (χ2v) is 9.63. The van der Waals surface area contributed by atoms with Gasteiger partial charge in [-0.3, -0.25) is 14.2 Å². The minimum atomic E-state index is -4.57. The zero-order valence-corrected chi connectivity index (χ0v) is 22.3. The minimum absolute atomic E-state index is 0.0964. The van der Waals surface area contributed by atoms with E-state index in [2.05, 4.69) is 15.3 Å². The molecule has 2 heterocycles. The third-order valence-corrected chi connectivity index (χ3v) is 6.71. The lowest BCUT2D eigenvalue weighted by molar-refractivity contribution is -0.138. The summed E-state index contributed by atoms with van der Waals surface area (Å²) in [6.07, 6.45) is -3.65. The van der Waals surface area contributed by atoms with Crippen molar-refractivity contribution in [2.75, 3.05) is 12.4 Å². The highest BCUT2D eigenvalue weighted by Gasteiger charge is 2.31. The summed E-state index contributed by atoms with van der Waals surface area (Å²) in [4.78, 5) is 33.1. The largest absolute Gasteiger partial charge is 0.497 e. The molecule has 0 saturated carbocycles. The Labute approximate surface area is 236 Å². The number of halogens is 4. The van der Waals surface area contributed by atoms with E-state index < -0.39 is 23.5 Å². The van der Waals surface area contributed by atoms with E-state index >= 15 is 0 Å². The number of rotatable bonds is 9. The first-order valence-corrected chi connectivity index (χ1v) is 12.7. The van der Waals surface area contributed by atoms with Gasteiger partial charge < -0.3 is 15.2 Å². The first kappa shape index (κ1) is 27.9. The number of carbonyl (C=O) groups excluding carboxylic acids is 1. The SMILES string of the molecule is COc1ccc(CNc2nc(-n3cc(C(=O)CCC(=O)O)c4cc(Cl)ccc43)nc3ccc(C(F)(F)F)cc23)cc1. The molecular weight excluding hydrogens is 561 g/mol. The summed E-state index contributed by atoms with van der Waals surface area (Å²) in [7, 11) is 1.55. The molecule has 0 aliphatic rings. The number of fused-ring (bicyclic) bond motifs is 2. The monoisotopic (exact) mass is 582 g/mol. The maximum atomic E-state index is 13.6. The molecule has 5 aromatic rings. The van der Waals surface area contributed by atoms with Crippen LogP contribution in [-0.2, 0) is 17.5 Å².